The molecule has 0 atom stereocenters. The van der Waals surface area contributed by atoms with Gasteiger partial charge < -0.3 is 9.64 Å². The Kier molecular flexibility index (Phi) is 5.97. The van der Waals surface area contributed by atoms with Gasteiger partial charge >= 0.3 is 0 Å². The van der Waals surface area contributed by atoms with Crippen molar-refractivity contribution in [3.8, 4) is 5.75 Å². The number of nitrogens with one attached hydrogen (secondary N) is 1. The molecule has 0 spiro atoms. The van der Waals surface area contributed by atoms with Crippen molar-refractivity contribution in [2.75, 3.05) is 26.7 Å². The van der Waals surface area contributed by atoms with Gasteiger partial charge in [-0.05, 0) is 49.4 Å². The molecule has 1 aliphatic rings. The summed E-state index contributed by atoms with van der Waals surface area (Å²) < 4.78 is 29.0. The Morgan fingerprint density at radius 1 is 1.30 bits per heavy atom. The standard InChI is InChI=1S/C15H23N3O4S/c1-22-14-4-2-13(3-5-14)15(19)18-10-7-12(8-11-18)6-9-17-23(16,20)21/h2-5,12,17H,6-11H2,1H3,(H2,16,20,21). The van der Waals surface area contributed by atoms with Crippen LogP contribution >= 0.6 is 0 Å². The number of benzene rings is 1. The van der Waals surface area contributed by atoms with Gasteiger partial charge in [0.25, 0.3) is 16.1 Å². The number of nitrogens with two attached hydrogens (primary N) is 1. The minimum atomic E-state index is -3.62. The van der Waals surface area contributed by atoms with Crippen molar-refractivity contribution in [3.05, 3.63) is 29.8 Å². The second kappa shape index (κ2) is 7.76. The summed E-state index contributed by atoms with van der Waals surface area (Å²) >= 11 is 0. The van der Waals surface area contributed by atoms with E-state index >= 15 is 0 Å². The van der Waals surface area contributed by atoms with Gasteiger partial charge in [0.2, 0.25) is 0 Å². The zero-order chi connectivity index (χ0) is 16.9. The molecule has 1 heterocycles. The van der Waals surface area contributed by atoms with Crippen LogP contribution in [0.1, 0.15) is 29.6 Å². The fraction of sp³-hybridized carbons (Fsp3) is 0.533. The highest BCUT2D eigenvalue weighted by Crippen LogP contribution is 2.22. The van der Waals surface area contributed by atoms with Gasteiger partial charge in [-0.2, -0.15) is 8.42 Å². The third-order valence-corrected chi connectivity index (χ3v) is 4.70. The molecule has 128 valence electrons. The molecule has 1 aliphatic heterocycles. The molecule has 2 rings (SSSR count). The van der Waals surface area contributed by atoms with E-state index in [9.17, 15) is 13.2 Å². The summed E-state index contributed by atoms with van der Waals surface area (Å²) in [6.07, 6.45) is 2.48. The number of hydrogen-bond donors (Lipinski definition) is 2. The topological polar surface area (TPSA) is 102 Å². The largest absolute Gasteiger partial charge is 0.497 e. The van der Waals surface area contributed by atoms with Crippen LogP contribution in [0, 0.1) is 5.92 Å². The van der Waals surface area contributed by atoms with Crippen LogP contribution in [0.5, 0.6) is 5.75 Å². The van der Waals surface area contributed by atoms with Gasteiger partial charge in [0.1, 0.15) is 5.75 Å². The molecule has 1 aromatic rings. The number of ether oxygens (including phenoxy) is 1. The highest BCUT2D eigenvalue weighted by Gasteiger charge is 2.23. The van der Waals surface area contributed by atoms with Gasteiger partial charge in [-0.25, -0.2) is 9.86 Å². The Balaban J connectivity index is 1.80. The first-order valence-electron chi connectivity index (χ1n) is 7.60. The van der Waals surface area contributed by atoms with Crippen LogP contribution in [0.15, 0.2) is 24.3 Å². The van der Waals surface area contributed by atoms with E-state index in [4.69, 9.17) is 9.88 Å². The second-order valence-electron chi connectivity index (χ2n) is 5.69. The van der Waals surface area contributed by atoms with Crippen molar-refractivity contribution < 1.29 is 17.9 Å². The van der Waals surface area contributed by atoms with Gasteiger partial charge in [0.15, 0.2) is 0 Å². The lowest BCUT2D eigenvalue weighted by atomic mass is 9.93. The quantitative estimate of drug-likeness (QED) is 0.796. The number of amides is 1. The highest BCUT2D eigenvalue weighted by atomic mass is 32.2. The van der Waals surface area contributed by atoms with Gasteiger partial charge in [-0.15, -0.1) is 0 Å². The van der Waals surface area contributed by atoms with Crippen LogP contribution in [0.2, 0.25) is 0 Å². The molecule has 0 radical (unpaired) electrons. The lowest BCUT2D eigenvalue weighted by molar-refractivity contribution is 0.0687. The first kappa shape index (κ1) is 17.7. The van der Waals surface area contributed by atoms with Crippen molar-refractivity contribution in [3.63, 3.8) is 0 Å². The molecule has 8 heteroatoms. The third kappa shape index (κ3) is 5.49. The number of hydrogen-bond acceptors (Lipinski definition) is 4. The van der Waals surface area contributed by atoms with E-state index in [1.807, 2.05) is 4.90 Å². The monoisotopic (exact) mass is 341 g/mol. The molecule has 1 saturated heterocycles. The Bertz CT molecular complexity index is 623. The number of carbonyl (C=O) groups excluding carboxylic acids is 1. The average molecular weight is 341 g/mol. The zero-order valence-electron chi connectivity index (χ0n) is 13.2. The van der Waals surface area contributed by atoms with Gasteiger partial charge in [-0.3, -0.25) is 4.79 Å². The van der Waals surface area contributed by atoms with Gasteiger partial charge in [-0.1, -0.05) is 0 Å². The molecule has 0 aromatic heterocycles. The number of methoxy groups -OCH3 is 1. The maximum atomic E-state index is 12.4. The number of nitrogens with zero attached hydrogens (tertiary/aromatic N) is 1. The summed E-state index contributed by atoms with van der Waals surface area (Å²) in [5, 5.41) is 4.90. The third-order valence-electron chi connectivity index (χ3n) is 4.09. The lowest BCUT2D eigenvalue weighted by Crippen LogP contribution is -2.39. The predicted molar refractivity (Wildman–Crippen MR) is 87.3 cm³/mol. The van der Waals surface area contributed by atoms with E-state index in [-0.39, 0.29) is 5.91 Å². The van der Waals surface area contributed by atoms with Crippen molar-refractivity contribution in [1.82, 2.24) is 9.62 Å². The molecule has 0 bridgehead atoms. The Hall–Kier alpha value is -1.64. The van der Waals surface area contributed by atoms with Crippen LogP contribution < -0.4 is 14.6 Å². The van der Waals surface area contributed by atoms with Crippen LogP contribution in [-0.2, 0) is 10.2 Å². The van der Waals surface area contributed by atoms with Crippen molar-refractivity contribution in [2.24, 2.45) is 11.1 Å². The number of likely N-dealkylation sites (tertiary alicyclic amines) is 1. The van der Waals surface area contributed by atoms with Gasteiger partial charge in [0.05, 0.1) is 7.11 Å². The van der Waals surface area contributed by atoms with E-state index in [0.29, 0.717) is 31.1 Å². The summed E-state index contributed by atoms with van der Waals surface area (Å²) in [6.45, 7) is 1.71. The maximum Gasteiger partial charge on any atom is 0.274 e. The Morgan fingerprint density at radius 2 is 1.91 bits per heavy atom. The van der Waals surface area contributed by atoms with E-state index in [1.165, 1.54) is 0 Å². The zero-order valence-corrected chi connectivity index (χ0v) is 14.0. The number of piperidine rings is 1. The fourth-order valence-electron chi connectivity index (χ4n) is 2.75. The van der Waals surface area contributed by atoms with Gasteiger partial charge in [0, 0.05) is 25.2 Å². The molecular formula is C15H23N3O4S. The normalized spacial score (nSPS) is 16.3. The molecule has 0 aliphatic carbocycles. The van der Waals surface area contributed by atoms with E-state index in [1.54, 1.807) is 31.4 Å². The second-order valence-corrected chi connectivity index (χ2v) is 7.07. The summed E-state index contributed by atoms with van der Waals surface area (Å²) in [7, 11) is -2.03. The molecule has 23 heavy (non-hydrogen) atoms. The van der Waals surface area contributed by atoms with Crippen molar-refractivity contribution in [2.45, 2.75) is 19.3 Å². The number of carbonyl (C=O) groups is 1. The molecule has 1 aromatic carbocycles. The smallest absolute Gasteiger partial charge is 0.274 e. The summed E-state index contributed by atoms with van der Waals surface area (Å²) in [6, 6.07) is 7.09. The first-order valence-corrected chi connectivity index (χ1v) is 9.14. The Morgan fingerprint density at radius 3 is 2.43 bits per heavy atom. The first-order chi connectivity index (χ1) is 10.9. The minimum absolute atomic E-state index is 0.0220. The summed E-state index contributed by atoms with van der Waals surface area (Å²) in [5.74, 6) is 1.15. The van der Waals surface area contributed by atoms with Crippen LogP contribution in [0.3, 0.4) is 0 Å². The molecule has 1 amide bonds. The van der Waals surface area contributed by atoms with Crippen molar-refractivity contribution >= 4 is 16.1 Å². The van der Waals surface area contributed by atoms with E-state index in [0.717, 1.165) is 25.0 Å². The maximum absolute atomic E-state index is 12.4. The molecule has 7 nitrogen and oxygen atoms in total. The van der Waals surface area contributed by atoms with E-state index < -0.39 is 10.2 Å². The highest BCUT2D eigenvalue weighted by molar-refractivity contribution is 7.87. The Labute approximate surface area is 137 Å². The lowest BCUT2D eigenvalue weighted by Gasteiger charge is -2.32. The van der Waals surface area contributed by atoms with Crippen LogP contribution in [-0.4, -0.2) is 46.0 Å². The SMILES string of the molecule is COc1ccc(C(=O)N2CCC(CCNS(N)(=O)=O)CC2)cc1. The summed E-state index contributed by atoms with van der Waals surface area (Å²) in [5.41, 5.74) is 0.653. The van der Waals surface area contributed by atoms with E-state index in [2.05, 4.69) is 4.72 Å². The molecule has 0 unspecified atom stereocenters. The van der Waals surface area contributed by atoms with Crippen LogP contribution in [0.4, 0.5) is 0 Å². The number of rotatable bonds is 6. The fourth-order valence-corrected chi connectivity index (χ4v) is 3.15. The average Bonchev–Trinajstić information content (AvgIpc) is 2.54. The molecular weight excluding hydrogens is 318 g/mol. The van der Waals surface area contributed by atoms with Crippen molar-refractivity contribution in [1.29, 1.82) is 0 Å². The minimum Gasteiger partial charge on any atom is -0.497 e. The molecule has 1 fully saturated rings. The molecule has 0 saturated carbocycles. The summed E-state index contributed by atoms with van der Waals surface area (Å²) in [4.78, 5) is 14.3. The predicted octanol–water partition coefficient (Wildman–Crippen LogP) is 0.731. The van der Waals surface area contributed by atoms with Crippen LogP contribution in [0.25, 0.3) is 0 Å². The molecule has 3 N–H and O–H groups in total.